The number of carboxylic acid groups (broad SMARTS) is 1. The zero-order valence-corrected chi connectivity index (χ0v) is 40.1. The molecule has 5 N–H and O–H groups in total. The van der Waals surface area contributed by atoms with Crippen LogP contribution in [0.5, 0.6) is 11.5 Å². The van der Waals surface area contributed by atoms with Gasteiger partial charge in [-0.15, -0.1) is 0 Å². The largest absolute Gasteiger partial charge is 0.506 e. The summed E-state index contributed by atoms with van der Waals surface area (Å²) in [5, 5.41) is 28.4. The molecule has 0 aliphatic heterocycles. The first kappa shape index (κ1) is 48.6. The monoisotopic (exact) mass is 902 g/mol. The van der Waals surface area contributed by atoms with Crippen LogP contribution in [0.1, 0.15) is 96.4 Å². The Labute approximate surface area is 384 Å². The molecule has 346 valence electrons. The number of alkyl carbamates (subject to hydrolysis) is 1. The molecule has 0 unspecified atom stereocenters. The molecule has 1 heterocycles. The van der Waals surface area contributed by atoms with E-state index in [2.05, 4.69) is 55.6 Å². The number of carbonyl (C=O) groups is 2. The van der Waals surface area contributed by atoms with Gasteiger partial charge in [-0.3, -0.25) is 9.69 Å². The lowest BCUT2D eigenvalue weighted by Gasteiger charge is -2.39. The molecule has 0 radical (unpaired) electrons. The van der Waals surface area contributed by atoms with Crippen molar-refractivity contribution in [2.24, 2.45) is 0 Å². The topological polar surface area (TPSA) is 162 Å². The number of phenols is 1. The highest BCUT2D eigenvalue weighted by Crippen LogP contribution is 2.41. The molecule has 4 aromatic carbocycles. The maximum atomic E-state index is 12.9. The number of aromatic amines is 1. The lowest BCUT2D eigenvalue weighted by atomic mass is 9.89. The number of hydrogen-bond acceptors (Lipinski definition) is 8. The number of nitrogens with zero attached hydrogens (tertiary/aromatic N) is 1. The average Bonchev–Trinajstić information content (AvgIpc) is 3.24. The third-order valence-electron chi connectivity index (χ3n) is 12.3. The SMILES string of the molecule is CC(C)(C)OC(=O)N[C@H]1CC[C@H](N(C(=O)O)c2ccc(C=CCCOc3ccc(CNC[C@H](O[Si](C)(C)C(C)(C)C)c4ccc(O)c5[nH]c(=O)ccc45)cc3)cc2-c2ccccc2)CC1. The van der Waals surface area contributed by atoms with Crippen LogP contribution in [0, 0.1) is 0 Å². The molecule has 2 amide bonds. The fraction of sp³-hybridized carbons (Fsp3) is 0.404. The summed E-state index contributed by atoms with van der Waals surface area (Å²) in [6.07, 6.45) is 5.54. The highest BCUT2D eigenvalue weighted by molar-refractivity contribution is 6.74. The smallest absolute Gasteiger partial charge is 0.412 e. The number of H-pyrrole nitrogens is 1. The van der Waals surface area contributed by atoms with Crippen molar-refractivity contribution < 1.29 is 33.7 Å². The standard InChI is InChI=1S/C52H66N4O8Si/c1-51(2,3)63-49(59)54-38-20-22-39(23-21-38)56(50(60)61)44-28-19-35(32-43(44)37-15-10-9-11-16-37)14-12-13-31-62-40-24-17-36(18-25-40)33-53-34-46(64-65(7,8)52(4,5)6)41-26-29-45(57)48-42(41)27-30-47(58)55-48/h9-12,14-19,24-30,32,38-39,46,53,57H,13,20-23,31,33-34H2,1-8H3,(H,54,59)(H,55,58)(H,60,61)/t38-,39-,46-/m0/s1. The predicted molar refractivity (Wildman–Crippen MR) is 262 cm³/mol. The number of hydrogen-bond donors (Lipinski definition) is 5. The minimum absolute atomic E-state index is 0.0196. The molecule has 6 rings (SSSR count). The van der Waals surface area contributed by atoms with Crippen molar-refractivity contribution in [1.82, 2.24) is 15.6 Å². The number of ether oxygens (including phenoxy) is 2. The van der Waals surface area contributed by atoms with E-state index in [0.29, 0.717) is 63.0 Å². The van der Waals surface area contributed by atoms with E-state index in [-0.39, 0.29) is 34.5 Å². The molecule has 0 bridgehead atoms. The molecule has 1 aliphatic rings. The molecular formula is C52H66N4O8Si. The summed E-state index contributed by atoms with van der Waals surface area (Å²) in [6.45, 7) is 18.2. The third-order valence-corrected chi connectivity index (χ3v) is 16.8. The van der Waals surface area contributed by atoms with Gasteiger partial charge in [0.05, 0.1) is 23.9 Å². The molecule has 0 saturated heterocycles. The molecule has 65 heavy (non-hydrogen) atoms. The second kappa shape index (κ2) is 20.9. The Kier molecular flexibility index (Phi) is 15.7. The maximum Gasteiger partial charge on any atom is 0.412 e. The van der Waals surface area contributed by atoms with Crippen molar-refractivity contribution in [3.63, 3.8) is 0 Å². The van der Waals surface area contributed by atoms with Gasteiger partial charge in [0, 0.05) is 42.2 Å². The Morgan fingerprint density at radius 3 is 2.28 bits per heavy atom. The minimum Gasteiger partial charge on any atom is -0.506 e. The fourth-order valence-electron chi connectivity index (χ4n) is 7.93. The second-order valence-corrected chi connectivity index (χ2v) is 24.2. The van der Waals surface area contributed by atoms with Crippen LogP contribution in [0.15, 0.2) is 108 Å². The van der Waals surface area contributed by atoms with E-state index >= 15 is 0 Å². The van der Waals surface area contributed by atoms with Gasteiger partial charge in [-0.1, -0.05) is 87.5 Å². The number of anilines is 1. The van der Waals surface area contributed by atoms with E-state index < -0.39 is 26.1 Å². The molecule has 5 aromatic rings. The van der Waals surface area contributed by atoms with E-state index in [1.54, 1.807) is 12.1 Å². The number of aromatic hydroxyl groups is 1. The molecule has 13 heteroatoms. The zero-order valence-electron chi connectivity index (χ0n) is 39.1. The first-order valence-corrected chi connectivity index (χ1v) is 25.5. The molecule has 1 atom stereocenters. The Hall–Kier alpha value is -5.89. The Bertz CT molecular complexity index is 2480. The van der Waals surface area contributed by atoms with E-state index in [9.17, 15) is 24.6 Å². The number of benzene rings is 4. The van der Waals surface area contributed by atoms with Gasteiger partial charge >= 0.3 is 12.2 Å². The van der Waals surface area contributed by atoms with Crippen LogP contribution < -0.4 is 25.8 Å². The number of rotatable bonds is 16. The lowest BCUT2D eigenvalue weighted by molar-refractivity contribution is 0.0490. The third kappa shape index (κ3) is 13.1. The number of carbonyl (C=O) groups excluding carboxylic acids is 1. The number of fused-ring (bicyclic) bond motifs is 1. The fourth-order valence-corrected chi connectivity index (χ4v) is 9.20. The van der Waals surface area contributed by atoms with E-state index in [0.717, 1.165) is 39.0 Å². The summed E-state index contributed by atoms with van der Waals surface area (Å²) < 4.78 is 18.5. The van der Waals surface area contributed by atoms with Crippen LogP contribution >= 0.6 is 0 Å². The highest BCUT2D eigenvalue weighted by Gasteiger charge is 2.40. The zero-order chi connectivity index (χ0) is 46.9. The highest BCUT2D eigenvalue weighted by atomic mass is 28.4. The number of phenolic OH excluding ortho intramolecular Hbond substituents is 1. The average molecular weight is 903 g/mol. The maximum absolute atomic E-state index is 12.9. The van der Waals surface area contributed by atoms with Gasteiger partial charge in [-0.05, 0) is 130 Å². The van der Waals surface area contributed by atoms with Crippen molar-refractivity contribution in [3.05, 3.63) is 130 Å². The van der Waals surface area contributed by atoms with Gasteiger partial charge in [-0.2, -0.15) is 0 Å². The van der Waals surface area contributed by atoms with Crippen molar-refractivity contribution in [2.75, 3.05) is 18.1 Å². The summed E-state index contributed by atoms with van der Waals surface area (Å²) in [4.78, 5) is 41.7. The van der Waals surface area contributed by atoms with E-state index in [1.165, 1.54) is 11.0 Å². The summed E-state index contributed by atoms with van der Waals surface area (Å²) in [7, 11) is -2.21. The number of pyridine rings is 1. The van der Waals surface area contributed by atoms with Crippen molar-refractivity contribution in [2.45, 2.75) is 122 Å². The van der Waals surface area contributed by atoms with Crippen LogP contribution in [0.3, 0.4) is 0 Å². The molecule has 1 saturated carbocycles. The molecule has 0 spiro atoms. The summed E-state index contributed by atoms with van der Waals surface area (Å²) in [6, 6.07) is 30.2. The molecule has 1 aliphatic carbocycles. The van der Waals surface area contributed by atoms with Gasteiger partial charge < -0.3 is 39.7 Å². The number of amides is 2. The summed E-state index contributed by atoms with van der Waals surface area (Å²) in [5.41, 5.74) is 4.88. The minimum atomic E-state index is -2.21. The molecule has 1 fully saturated rings. The van der Waals surface area contributed by atoms with Gasteiger partial charge in [0.25, 0.3) is 0 Å². The lowest BCUT2D eigenvalue weighted by Crippen LogP contribution is -2.47. The Morgan fingerprint density at radius 1 is 0.908 bits per heavy atom. The summed E-state index contributed by atoms with van der Waals surface area (Å²) in [5.74, 6) is 0.792. The van der Waals surface area contributed by atoms with Crippen LogP contribution in [0.2, 0.25) is 18.1 Å². The van der Waals surface area contributed by atoms with E-state index in [1.807, 2.05) is 106 Å². The Morgan fingerprint density at radius 2 is 1.62 bits per heavy atom. The first-order chi connectivity index (χ1) is 30.8. The van der Waals surface area contributed by atoms with Crippen LogP contribution in [0.4, 0.5) is 15.3 Å². The summed E-state index contributed by atoms with van der Waals surface area (Å²) >= 11 is 0. The van der Waals surface area contributed by atoms with Gasteiger partial charge in [0.1, 0.15) is 17.1 Å². The quantitative estimate of drug-likeness (QED) is 0.0479. The van der Waals surface area contributed by atoms with Gasteiger partial charge in [0.2, 0.25) is 5.56 Å². The van der Waals surface area contributed by atoms with Crippen molar-refractivity contribution >= 4 is 43.2 Å². The van der Waals surface area contributed by atoms with Crippen LogP contribution in [-0.2, 0) is 15.7 Å². The van der Waals surface area contributed by atoms with Crippen LogP contribution in [-0.4, -0.2) is 66.5 Å². The first-order valence-electron chi connectivity index (χ1n) is 22.6. The van der Waals surface area contributed by atoms with Crippen molar-refractivity contribution in [3.8, 4) is 22.6 Å². The number of aromatic nitrogens is 1. The molecular weight excluding hydrogens is 837 g/mol. The molecule has 12 nitrogen and oxygen atoms in total. The normalized spacial score (nSPS) is 16.3. The van der Waals surface area contributed by atoms with Gasteiger partial charge in [0.15, 0.2) is 8.32 Å². The second-order valence-electron chi connectivity index (χ2n) is 19.4. The predicted octanol–water partition coefficient (Wildman–Crippen LogP) is 11.6. The van der Waals surface area contributed by atoms with Crippen LogP contribution in [0.25, 0.3) is 28.1 Å². The van der Waals surface area contributed by atoms with Gasteiger partial charge in [-0.25, -0.2) is 9.59 Å². The molecule has 1 aromatic heterocycles. The number of nitrogens with one attached hydrogen (secondary N) is 3. The van der Waals surface area contributed by atoms with Crippen molar-refractivity contribution in [1.29, 1.82) is 0 Å². The Balaban J connectivity index is 1.05. The van der Waals surface area contributed by atoms with E-state index in [4.69, 9.17) is 13.9 Å².